The molecule has 0 radical (unpaired) electrons. The first-order valence-electron chi connectivity index (χ1n) is 6.69. The first-order chi connectivity index (χ1) is 9.67. The van der Waals surface area contributed by atoms with Crippen molar-refractivity contribution in [2.24, 2.45) is 0 Å². The van der Waals surface area contributed by atoms with Crippen LogP contribution in [0.4, 0.5) is 0 Å². The molecule has 1 aliphatic rings. The topological polar surface area (TPSA) is 78.0 Å². The summed E-state index contributed by atoms with van der Waals surface area (Å²) in [7, 11) is 0. The van der Waals surface area contributed by atoms with Gasteiger partial charge < -0.3 is 15.4 Å². The summed E-state index contributed by atoms with van der Waals surface area (Å²) in [5.74, 6) is 1.91. The van der Waals surface area contributed by atoms with Gasteiger partial charge in [0, 0.05) is 18.7 Å². The summed E-state index contributed by atoms with van der Waals surface area (Å²) in [5, 5.41) is 12.9. The van der Waals surface area contributed by atoms with E-state index in [0.29, 0.717) is 25.1 Å². The van der Waals surface area contributed by atoms with Crippen LogP contribution in [0.3, 0.4) is 0 Å². The predicted molar refractivity (Wildman–Crippen MR) is 79.7 cm³/mol. The van der Waals surface area contributed by atoms with Gasteiger partial charge in [-0.25, -0.2) is 4.98 Å². The van der Waals surface area contributed by atoms with Crippen molar-refractivity contribution in [2.75, 3.05) is 18.1 Å². The highest BCUT2D eigenvalue weighted by Gasteiger charge is 2.39. The van der Waals surface area contributed by atoms with E-state index in [1.54, 1.807) is 11.8 Å². The summed E-state index contributed by atoms with van der Waals surface area (Å²) >= 11 is 1.61. The van der Waals surface area contributed by atoms with Crippen molar-refractivity contribution in [1.29, 1.82) is 0 Å². The van der Waals surface area contributed by atoms with E-state index in [2.05, 4.69) is 15.3 Å². The standard InChI is InChI=1S/C14H17N3O2S/c18-13(14(19)6-8-20-9-14)15-7-5-12-16-10-3-1-2-4-11(10)17-12/h1-4,19H,5-9H2,(H,15,18)(H,16,17). The summed E-state index contributed by atoms with van der Waals surface area (Å²) in [5.41, 5.74) is 0.748. The number of nitrogens with zero attached hydrogens (tertiary/aromatic N) is 1. The van der Waals surface area contributed by atoms with Crippen LogP contribution in [0.2, 0.25) is 0 Å². The molecule has 0 bridgehead atoms. The van der Waals surface area contributed by atoms with Gasteiger partial charge >= 0.3 is 0 Å². The zero-order chi connectivity index (χ0) is 14.0. The summed E-state index contributed by atoms with van der Waals surface area (Å²) in [4.78, 5) is 19.6. The number of fused-ring (bicyclic) bond motifs is 1. The number of nitrogens with one attached hydrogen (secondary N) is 2. The van der Waals surface area contributed by atoms with Gasteiger partial charge in [0.15, 0.2) is 5.60 Å². The van der Waals surface area contributed by atoms with Gasteiger partial charge in [-0.15, -0.1) is 0 Å². The number of imidazole rings is 1. The average molecular weight is 291 g/mol. The minimum absolute atomic E-state index is 0.265. The number of para-hydroxylation sites is 2. The van der Waals surface area contributed by atoms with Crippen LogP contribution in [0.1, 0.15) is 12.2 Å². The summed E-state index contributed by atoms with van der Waals surface area (Å²) in [6.07, 6.45) is 1.16. The van der Waals surface area contributed by atoms with Gasteiger partial charge in [-0.1, -0.05) is 12.1 Å². The molecule has 1 amide bonds. The molecule has 1 aromatic heterocycles. The Kier molecular flexibility index (Phi) is 3.67. The second-order valence-corrected chi connectivity index (χ2v) is 6.15. The van der Waals surface area contributed by atoms with E-state index in [0.717, 1.165) is 22.6 Å². The fourth-order valence-electron chi connectivity index (χ4n) is 2.32. The number of amides is 1. The van der Waals surface area contributed by atoms with Crippen molar-refractivity contribution in [1.82, 2.24) is 15.3 Å². The Labute approximate surface area is 121 Å². The average Bonchev–Trinajstić information content (AvgIpc) is 3.05. The Morgan fingerprint density at radius 1 is 1.50 bits per heavy atom. The second kappa shape index (κ2) is 5.46. The summed E-state index contributed by atoms with van der Waals surface area (Å²) in [6.45, 7) is 0.478. The minimum atomic E-state index is -1.18. The molecular formula is C14H17N3O2S. The molecule has 106 valence electrons. The van der Waals surface area contributed by atoms with E-state index in [4.69, 9.17) is 0 Å². The van der Waals surface area contributed by atoms with E-state index >= 15 is 0 Å². The van der Waals surface area contributed by atoms with Crippen LogP contribution in [0.5, 0.6) is 0 Å². The number of carbonyl (C=O) groups excluding carboxylic acids is 1. The molecule has 20 heavy (non-hydrogen) atoms. The Balaban J connectivity index is 1.56. The van der Waals surface area contributed by atoms with E-state index in [9.17, 15) is 9.90 Å². The normalized spacial score (nSPS) is 22.2. The molecule has 0 saturated carbocycles. The van der Waals surface area contributed by atoms with Gasteiger partial charge in [-0.05, 0) is 24.3 Å². The molecule has 6 heteroatoms. The Morgan fingerprint density at radius 2 is 2.35 bits per heavy atom. The van der Waals surface area contributed by atoms with Crippen LogP contribution >= 0.6 is 11.8 Å². The maximum atomic E-state index is 11.9. The molecule has 1 aliphatic heterocycles. The molecule has 1 aromatic carbocycles. The zero-order valence-corrected chi connectivity index (χ0v) is 11.9. The number of benzene rings is 1. The van der Waals surface area contributed by atoms with Crippen molar-refractivity contribution >= 4 is 28.7 Å². The van der Waals surface area contributed by atoms with Crippen LogP contribution in [0.15, 0.2) is 24.3 Å². The molecule has 0 spiro atoms. The number of aliphatic hydroxyl groups is 1. The van der Waals surface area contributed by atoms with Crippen LogP contribution < -0.4 is 5.32 Å². The molecule has 2 heterocycles. The third-order valence-corrected chi connectivity index (χ3v) is 4.68. The number of aromatic amines is 1. The third-order valence-electron chi connectivity index (χ3n) is 3.51. The van der Waals surface area contributed by atoms with E-state index in [-0.39, 0.29) is 5.91 Å². The number of H-pyrrole nitrogens is 1. The molecule has 0 aliphatic carbocycles. The van der Waals surface area contributed by atoms with Gasteiger partial charge in [0.25, 0.3) is 5.91 Å². The number of hydrogen-bond donors (Lipinski definition) is 3. The monoisotopic (exact) mass is 291 g/mol. The van der Waals surface area contributed by atoms with Crippen LogP contribution in [0, 0.1) is 0 Å². The van der Waals surface area contributed by atoms with Gasteiger partial charge in [0.2, 0.25) is 0 Å². The molecule has 1 unspecified atom stereocenters. The van der Waals surface area contributed by atoms with Crippen LogP contribution in [-0.2, 0) is 11.2 Å². The SMILES string of the molecule is O=C(NCCc1nc2ccccc2[nH]1)C1(O)CCSC1. The highest BCUT2D eigenvalue weighted by Crippen LogP contribution is 2.27. The molecule has 5 nitrogen and oxygen atoms in total. The number of carbonyl (C=O) groups is 1. The molecule has 2 aromatic rings. The van der Waals surface area contributed by atoms with Crippen molar-refractivity contribution in [3.05, 3.63) is 30.1 Å². The lowest BCUT2D eigenvalue weighted by atomic mass is 10.0. The quantitative estimate of drug-likeness (QED) is 0.788. The highest BCUT2D eigenvalue weighted by atomic mass is 32.2. The molecule has 3 N–H and O–H groups in total. The van der Waals surface area contributed by atoms with E-state index in [1.807, 2.05) is 24.3 Å². The summed E-state index contributed by atoms with van der Waals surface area (Å²) < 4.78 is 0. The first kappa shape index (κ1) is 13.5. The van der Waals surface area contributed by atoms with E-state index in [1.165, 1.54) is 0 Å². The van der Waals surface area contributed by atoms with Crippen molar-refractivity contribution in [3.63, 3.8) is 0 Å². The number of thioether (sulfide) groups is 1. The molecule has 1 fully saturated rings. The number of hydrogen-bond acceptors (Lipinski definition) is 4. The molecular weight excluding hydrogens is 274 g/mol. The maximum absolute atomic E-state index is 11.9. The van der Waals surface area contributed by atoms with Crippen molar-refractivity contribution in [2.45, 2.75) is 18.4 Å². The third kappa shape index (κ3) is 2.66. The largest absolute Gasteiger partial charge is 0.379 e. The highest BCUT2D eigenvalue weighted by molar-refractivity contribution is 7.99. The lowest BCUT2D eigenvalue weighted by Crippen LogP contribution is -2.47. The van der Waals surface area contributed by atoms with Crippen molar-refractivity contribution in [3.8, 4) is 0 Å². The van der Waals surface area contributed by atoms with Gasteiger partial charge in [0.1, 0.15) is 5.82 Å². The molecule has 1 saturated heterocycles. The second-order valence-electron chi connectivity index (χ2n) is 5.04. The van der Waals surface area contributed by atoms with Crippen LogP contribution in [-0.4, -0.2) is 44.6 Å². The lowest BCUT2D eigenvalue weighted by Gasteiger charge is -2.19. The van der Waals surface area contributed by atoms with Crippen molar-refractivity contribution < 1.29 is 9.90 Å². The predicted octanol–water partition coefficient (Wildman–Crippen LogP) is 1.09. The van der Waals surface area contributed by atoms with Gasteiger partial charge in [-0.3, -0.25) is 4.79 Å². The Bertz CT molecular complexity index is 587. The fraction of sp³-hybridized carbons (Fsp3) is 0.429. The zero-order valence-electron chi connectivity index (χ0n) is 11.1. The van der Waals surface area contributed by atoms with E-state index < -0.39 is 5.60 Å². The first-order valence-corrected chi connectivity index (χ1v) is 7.85. The van der Waals surface area contributed by atoms with Gasteiger partial charge in [0.05, 0.1) is 11.0 Å². The maximum Gasteiger partial charge on any atom is 0.252 e. The molecule has 3 rings (SSSR count). The smallest absolute Gasteiger partial charge is 0.252 e. The lowest BCUT2D eigenvalue weighted by molar-refractivity contribution is -0.137. The fourth-order valence-corrected chi connectivity index (χ4v) is 3.56. The summed E-state index contributed by atoms with van der Waals surface area (Å²) in [6, 6.07) is 7.83. The Morgan fingerprint density at radius 3 is 3.10 bits per heavy atom. The van der Waals surface area contributed by atoms with Gasteiger partial charge in [-0.2, -0.15) is 11.8 Å². The van der Waals surface area contributed by atoms with Crippen LogP contribution in [0.25, 0.3) is 11.0 Å². The number of rotatable bonds is 4. The molecule has 1 atom stereocenters. The number of aromatic nitrogens is 2. The Hall–Kier alpha value is -1.53. The minimum Gasteiger partial charge on any atom is -0.379 e.